The molecule has 1 fully saturated rings. The molecule has 0 amide bonds. The van der Waals surface area contributed by atoms with Gasteiger partial charge in [-0.25, -0.2) is 4.98 Å². The number of hydrogen-bond donors (Lipinski definition) is 0. The molecule has 0 N–H and O–H groups in total. The van der Waals surface area contributed by atoms with Gasteiger partial charge < -0.3 is 14.5 Å². The molecular formula is C30H33F6N7O. The van der Waals surface area contributed by atoms with Gasteiger partial charge in [0.05, 0.1) is 30.8 Å². The topological polar surface area (TPSA) is 72.2 Å². The largest absolute Gasteiger partial charge is 0.497 e. The molecule has 1 aliphatic carbocycles. The lowest BCUT2D eigenvalue weighted by atomic mass is 10.0. The number of methoxy groups -OCH3 is 1. The maximum atomic E-state index is 13.7. The van der Waals surface area contributed by atoms with Crippen molar-refractivity contribution >= 4 is 22.7 Å². The van der Waals surface area contributed by atoms with Crippen LogP contribution in [0.3, 0.4) is 0 Å². The van der Waals surface area contributed by atoms with Gasteiger partial charge >= 0.3 is 12.4 Å². The van der Waals surface area contributed by atoms with Gasteiger partial charge in [-0.15, -0.1) is 5.10 Å². The van der Waals surface area contributed by atoms with E-state index in [1.165, 1.54) is 29.6 Å². The second-order valence-corrected chi connectivity index (χ2v) is 11.1. The smallest absolute Gasteiger partial charge is 0.416 e. The number of anilines is 2. The van der Waals surface area contributed by atoms with Gasteiger partial charge in [-0.2, -0.15) is 31.1 Å². The Morgan fingerprint density at radius 3 is 2.16 bits per heavy atom. The number of nitrogens with zero attached hydrogens (tertiary/aromatic N) is 7. The third kappa shape index (κ3) is 7.16. The maximum Gasteiger partial charge on any atom is 0.416 e. The van der Waals surface area contributed by atoms with Crippen molar-refractivity contribution in [2.75, 3.05) is 30.0 Å². The minimum atomic E-state index is -4.97. The van der Waals surface area contributed by atoms with Gasteiger partial charge in [0.25, 0.3) is 5.95 Å². The molecule has 236 valence electrons. The van der Waals surface area contributed by atoms with Crippen molar-refractivity contribution in [3.05, 3.63) is 64.7 Å². The van der Waals surface area contributed by atoms with Crippen LogP contribution in [-0.4, -0.2) is 45.4 Å². The number of benzene rings is 2. The highest BCUT2D eigenvalue weighted by atomic mass is 19.4. The van der Waals surface area contributed by atoms with Crippen LogP contribution in [0.2, 0.25) is 0 Å². The molecule has 0 spiro atoms. The van der Waals surface area contributed by atoms with Crippen LogP contribution in [0.5, 0.6) is 5.75 Å². The summed E-state index contributed by atoms with van der Waals surface area (Å²) in [4.78, 5) is 9.88. The Labute approximate surface area is 250 Å². The molecule has 0 saturated heterocycles. The second-order valence-electron chi connectivity index (χ2n) is 11.1. The molecule has 44 heavy (non-hydrogen) atoms. The van der Waals surface area contributed by atoms with Crippen molar-refractivity contribution < 1.29 is 31.1 Å². The third-order valence-electron chi connectivity index (χ3n) is 7.88. The fourth-order valence-corrected chi connectivity index (χ4v) is 5.70. The third-order valence-corrected chi connectivity index (χ3v) is 7.88. The Kier molecular flexibility index (Phi) is 8.89. The van der Waals surface area contributed by atoms with Gasteiger partial charge in [0.1, 0.15) is 11.6 Å². The zero-order valence-corrected chi connectivity index (χ0v) is 24.6. The van der Waals surface area contributed by atoms with Crippen molar-refractivity contribution in [2.45, 2.75) is 58.0 Å². The number of pyridine rings is 1. The Balaban J connectivity index is 1.60. The summed E-state index contributed by atoms with van der Waals surface area (Å²) in [6.45, 7) is 3.16. The first-order valence-electron chi connectivity index (χ1n) is 14.3. The molecule has 4 aromatic rings. The van der Waals surface area contributed by atoms with E-state index in [2.05, 4.69) is 20.3 Å². The van der Waals surface area contributed by atoms with Crippen LogP contribution < -0.4 is 14.5 Å². The fraction of sp³-hybridized carbons (Fsp3) is 0.467. The van der Waals surface area contributed by atoms with Crippen molar-refractivity contribution in [1.82, 2.24) is 25.2 Å². The Hall–Kier alpha value is -4.10. The summed E-state index contributed by atoms with van der Waals surface area (Å²) in [5.74, 6) is 1.86. The number of aryl methyl sites for hydroxylation is 1. The molecule has 0 bridgehead atoms. The van der Waals surface area contributed by atoms with E-state index >= 15 is 0 Å². The predicted octanol–water partition coefficient (Wildman–Crippen LogP) is 7.03. The highest BCUT2D eigenvalue weighted by Gasteiger charge is 2.37. The molecule has 2 aromatic heterocycles. The van der Waals surface area contributed by atoms with Crippen LogP contribution in [0.25, 0.3) is 10.9 Å². The van der Waals surface area contributed by atoms with Gasteiger partial charge in [0.15, 0.2) is 0 Å². The lowest BCUT2D eigenvalue weighted by Gasteiger charge is -2.30. The second kappa shape index (κ2) is 12.5. The molecule has 5 rings (SSSR count). The van der Waals surface area contributed by atoms with Crippen LogP contribution in [0, 0.1) is 5.92 Å². The van der Waals surface area contributed by atoms with Crippen molar-refractivity contribution in [1.29, 1.82) is 0 Å². The summed E-state index contributed by atoms with van der Waals surface area (Å²) in [7, 11) is 3.09. The Morgan fingerprint density at radius 2 is 1.59 bits per heavy atom. The highest BCUT2D eigenvalue weighted by Crippen LogP contribution is 2.37. The fourth-order valence-electron chi connectivity index (χ4n) is 5.70. The van der Waals surface area contributed by atoms with Gasteiger partial charge in [-0.3, -0.25) is 0 Å². The summed E-state index contributed by atoms with van der Waals surface area (Å²) in [6, 6.07) is 8.99. The maximum absolute atomic E-state index is 13.7. The normalized spacial score (nSPS) is 14.4. The number of tetrazole rings is 1. The number of aromatic nitrogens is 5. The average molecular weight is 622 g/mol. The standard InChI is InChI=1S/C30H33F6N7O/c1-4-42(16-19-7-5-6-8-19)27-22(13-21-9-10-25(44-3)15-26(21)37-27)18-43(28-38-40-41(2)39-28)17-20-11-23(29(31,32)33)14-24(12-20)30(34,35)36/h9-15,19H,4-8,16-18H2,1-3H3. The summed E-state index contributed by atoms with van der Waals surface area (Å²) >= 11 is 0. The summed E-state index contributed by atoms with van der Waals surface area (Å²) in [5.41, 5.74) is -1.55. The van der Waals surface area contributed by atoms with Crippen LogP contribution in [-0.2, 0) is 32.5 Å². The monoisotopic (exact) mass is 621 g/mol. The predicted molar refractivity (Wildman–Crippen MR) is 153 cm³/mol. The first-order chi connectivity index (χ1) is 20.8. The van der Waals surface area contributed by atoms with Crippen LogP contribution >= 0.6 is 0 Å². The molecule has 0 unspecified atom stereocenters. The van der Waals surface area contributed by atoms with Crippen LogP contribution in [0.4, 0.5) is 38.1 Å². The van der Waals surface area contributed by atoms with Gasteiger partial charge in [0, 0.05) is 43.2 Å². The van der Waals surface area contributed by atoms with Crippen molar-refractivity contribution in [2.24, 2.45) is 13.0 Å². The molecule has 1 saturated carbocycles. The van der Waals surface area contributed by atoms with E-state index in [4.69, 9.17) is 9.72 Å². The lowest BCUT2D eigenvalue weighted by Crippen LogP contribution is -2.32. The lowest BCUT2D eigenvalue weighted by molar-refractivity contribution is -0.143. The molecule has 2 aromatic carbocycles. The number of fused-ring (bicyclic) bond motifs is 1. The Morgan fingerprint density at radius 1 is 0.909 bits per heavy atom. The average Bonchev–Trinajstić information content (AvgIpc) is 3.65. The van der Waals surface area contributed by atoms with Gasteiger partial charge in [-0.05, 0) is 72.9 Å². The SMILES string of the molecule is CCN(CC1CCCC1)c1nc2cc(OC)ccc2cc1CN(Cc1cc(C(F)(F)F)cc(C(F)(F)F)c1)c1nnn(C)n1. The number of hydrogen-bond acceptors (Lipinski definition) is 7. The minimum Gasteiger partial charge on any atom is -0.497 e. The molecular weight excluding hydrogens is 588 g/mol. The van der Waals surface area contributed by atoms with E-state index < -0.39 is 23.5 Å². The zero-order valence-electron chi connectivity index (χ0n) is 24.6. The molecule has 0 atom stereocenters. The summed E-state index contributed by atoms with van der Waals surface area (Å²) in [5, 5.41) is 12.9. The number of ether oxygens (including phenoxy) is 1. The van der Waals surface area contributed by atoms with Crippen LogP contribution in [0.1, 0.15) is 54.9 Å². The Bertz CT molecular complexity index is 1570. The van der Waals surface area contributed by atoms with E-state index in [9.17, 15) is 26.3 Å². The minimum absolute atomic E-state index is 0.0504. The molecule has 8 nitrogen and oxygen atoms in total. The molecule has 0 aliphatic heterocycles. The van der Waals surface area contributed by atoms with E-state index in [0.717, 1.165) is 42.5 Å². The summed E-state index contributed by atoms with van der Waals surface area (Å²) < 4.78 is 87.3. The number of halogens is 6. The molecule has 0 radical (unpaired) electrons. The zero-order chi connectivity index (χ0) is 31.6. The van der Waals surface area contributed by atoms with E-state index in [1.807, 2.05) is 25.1 Å². The number of alkyl halides is 6. The van der Waals surface area contributed by atoms with E-state index in [-0.39, 0.29) is 30.7 Å². The van der Waals surface area contributed by atoms with Crippen LogP contribution in [0.15, 0.2) is 42.5 Å². The van der Waals surface area contributed by atoms with Gasteiger partial charge in [0.2, 0.25) is 0 Å². The quantitative estimate of drug-likeness (QED) is 0.176. The first-order valence-corrected chi connectivity index (χ1v) is 14.3. The van der Waals surface area contributed by atoms with Crippen molar-refractivity contribution in [3.8, 4) is 5.75 Å². The van der Waals surface area contributed by atoms with Gasteiger partial charge in [-0.1, -0.05) is 17.9 Å². The summed E-state index contributed by atoms with van der Waals surface area (Å²) in [6.07, 6.45) is -5.38. The first kappa shape index (κ1) is 31.3. The highest BCUT2D eigenvalue weighted by molar-refractivity contribution is 5.83. The van der Waals surface area contributed by atoms with Crippen molar-refractivity contribution in [3.63, 3.8) is 0 Å². The molecule has 14 heteroatoms. The van der Waals surface area contributed by atoms with E-state index in [1.54, 1.807) is 13.2 Å². The molecule has 1 aliphatic rings. The molecule has 2 heterocycles. The number of rotatable bonds is 10. The van der Waals surface area contributed by atoms with E-state index in [0.29, 0.717) is 29.5 Å².